The maximum absolute atomic E-state index is 12.8. The molecule has 1 saturated carbocycles. The Bertz CT molecular complexity index is 580. The summed E-state index contributed by atoms with van der Waals surface area (Å²) in [4.78, 5) is 15.5. The summed E-state index contributed by atoms with van der Waals surface area (Å²) in [5.74, 6) is 0.0417. The molecule has 0 aromatic carbocycles. The first kappa shape index (κ1) is 17.5. The third-order valence-corrected chi connectivity index (χ3v) is 6.13. The zero-order valence-corrected chi connectivity index (χ0v) is 15.5. The summed E-state index contributed by atoms with van der Waals surface area (Å²) in [6.45, 7) is 7.06. The van der Waals surface area contributed by atoms with Crippen LogP contribution in [0.5, 0.6) is 0 Å². The molecule has 0 atom stereocenters. The number of hydrogen-bond donors (Lipinski definition) is 1. The van der Waals surface area contributed by atoms with Crippen LogP contribution in [-0.4, -0.2) is 45.8 Å². The molecule has 3 rings (SSSR count). The number of amides is 1. The fourth-order valence-electron chi connectivity index (χ4n) is 4.62. The predicted molar refractivity (Wildman–Crippen MR) is 96.3 cm³/mol. The van der Waals surface area contributed by atoms with Crippen molar-refractivity contribution in [1.29, 1.82) is 0 Å². The van der Waals surface area contributed by atoms with E-state index in [-0.39, 0.29) is 11.4 Å². The molecule has 1 N–H and O–H groups in total. The van der Waals surface area contributed by atoms with Crippen LogP contribution in [0.25, 0.3) is 0 Å². The number of hydrogen-bond acceptors (Lipinski definition) is 3. The molecular formula is C19H32N4O. The van der Waals surface area contributed by atoms with Crippen molar-refractivity contribution in [1.82, 2.24) is 20.0 Å². The second-order valence-corrected chi connectivity index (χ2v) is 7.68. The van der Waals surface area contributed by atoms with Crippen molar-refractivity contribution < 1.29 is 4.79 Å². The van der Waals surface area contributed by atoms with Crippen LogP contribution in [0.2, 0.25) is 0 Å². The summed E-state index contributed by atoms with van der Waals surface area (Å²) in [7, 11) is 1.90. The number of aromatic nitrogens is 2. The molecule has 2 aliphatic rings. The van der Waals surface area contributed by atoms with Crippen LogP contribution in [0, 0.1) is 13.8 Å². The van der Waals surface area contributed by atoms with Gasteiger partial charge >= 0.3 is 0 Å². The highest BCUT2D eigenvalue weighted by Gasteiger charge is 2.38. The van der Waals surface area contributed by atoms with Crippen LogP contribution < -0.4 is 5.32 Å². The highest BCUT2D eigenvalue weighted by molar-refractivity contribution is 5.96. The van der Waals surface area contributed by atoms with Crippen molar-refractivity contribution in [2.45, 2.75) is 70.8 Å². The minimum atomic E-state index is 0.0417. The van der Waals surface area contributed by atoms with Crippen LogP contribution in [0.4, 0.5) is 0 Å². The quantitative estimate of drug-likeness (QED) is 0.922. The van der Waals surface area contributed by atoms with Gasteiger partial charge in [-0.2, -0.15) is 5.10 Å². The number of likely N-dealkylation sites (tertiary alicyclic amines) is 1. The van der Waals surface area contributed by atoms with Gasteiger partial charge in [-0.15, -0.1) is 0 Å². The molecular weight excluding hydrogens is 300 g/mol. The van der Waals surface area contributed by atoms with E-state index in [1.807, 2.05) is 20.9 Å². The molecule has 1 saturated heterocycles. The van der Waals surface area contributed by atoms with Crippen molar-refractivity contribution >= 4 is 5.91 Å². The van der Waals surface area contributed by atoms with Crippen LogP contribution >= 0.6 is 0 Å². The minimum absolute atomic E-state index is 0.0417. The van der Waals surface area contributed by atoms with Crippen molar-refractivity contribution in [3.05, 3.63) is 17.0 Å². The van der Waals surface area contributed by atoms with E-state index in [2.05, 4.69) is 15.3 Å². The lowest BCUT2D eigenvalue weighted by atomic mass is 9.79. The number of carbonyl (C=O) groups excluding carboxylic acids is 1. The zero-order valence-electron chi connectivity index (χ0n) is 15.5. The van der Waals surface area contributed by atoms with E-state index in [1.165, 1.54) is 64.5 Å². The van der Waals surface area contributed by atoms with Gasteiger partial charge < -0.3 is 5.32 Å². The van der Waals surface area contributed by atoms with E-state index in [0.717, 1.165) is 23.5 Å². The third-order valence-electron chi connectivity index (χ3n) is 6.13. The fourth-order valence-corrected chi connectivity index (χ4v) is 4.62. The Hall–Kier alpha value is -1.36. The molecule has 0 spiro atoms. The van der Waals surface area contributed by atoms with Gasteiger partial charge in [-0.05, 0) is 52.6 Å². The lowest BCUT2D eigenvalue weighted by Crippen LogP contribution is -2.58. The SMILES string of the molecule is Cc1nn(C)c(C)c1C(=O)NCC1(N2CCCCC2)CCCCC1. The Labute approximate surface area is 145 Å². The Morgan fingerprint density at radius 1 is 1.08 bits per heavy atom. The van der Waals surface area contributed by atoms with Crippen molar-refractivity contribution in [2.24, 2.45) is 7.05 Å². The lowest BCUT2D eigenvalue weighted by molar-refractivity contribution is 0.0326. The van der Waals surface area contributed by atoms with Gasteiger partial charge in [0.15, 0.2) is 0 Å². The Morgan fingerprint density at radius 3 is 2.29 bits per heavy atom. The standard InChI is InChI=1S/C19H32N4O/c1-15-17(16(2)22(3)21-15)18(24)20-14-19(10-6-4-7-11-19)23-12-8-5-9-13-23/h4-14H2,1-3H3,(H,20,24). The summed E-state index contributed by atoms with van der Waals surface area (Å²) >= 11 is 0. The molecule has 0 radical (unpaired) electrons. The highest BCUT2D eigenvalue weighted by atomic mass is 16.1. The van der Waals surface area contributed by atoms with E-state index in [0.29, 0.717) is 0 Å². The molecule has 1 aromatic rings. The molecule has 134 valence electrons. The topological polar surface area (TPSA) is 50.2 Å². The normalized spacial score (nSPS) is 21.6. The molecule has 5 nitrogen and oxygen atoms in total. The molecule has 1 aliphatic heterocycles. The lowest BCUT2D eigenvalue weighted by Gasteiger charge is -2.48. The zero-order chi connectivity index (χ0) is 17.2. The van der Waals surface area contributed by atoms with Gasteiger partial charge in [0.2, 0.25) is 0 Å². The van der Waals surface area contributed by atoms with E-state index in [4.69, 9.17) is 0 Å². The summed E-state index contributed by atoms with van der Waals surface area (Å²) in [6.07, 6.45) is 10.3. The Balaban J connectivity index is 1.72. The highest BCUT2D eigenvalue weighted by Crippen LogP contribution is 2.35. The molecule has 0 bridgehead atoms. The van der Waals surface area contributed by atoms with Crippen LogP contribution in [0.1, 0.15) is 73.1 Å². The molecule has 24 heavy (non-hydrogen) atoms. The number of piperidine rings is 1. The fraction of sp³-hybridized carbons (Fsp3) is 0.789. The Kier molecular flexibility index (Phi) is 5.28. The largest absolute Gasteiger partial charge is 0.350 e. The first-order chi connectivity index (χ1) is 11.5. The monoisotopic (exact) mass is 332 g/mol. The van der Waals surface area contributed by atoms with Gasteiger partial charge in [-0.1, -0.05) is 25.7 Å². The van der Waals surface area contributed by atoms with E-state index in [1.54, 1.807) is 4.68 Å². The molecule has 1 amide bonds. The van der Waals surface area contributed by atoms with Crippen molar-refractivity contribution in [3.63, 3.8) is 0 Å². The average molecular weight is 332 g/mol. The molecule has 5 heteroatoms. The first-order valence-electron chi connectivity index (χ1n) is 9.57. The van der Waals surface area contributed by atoms with Crippen molar-refractivity contribution in [2.75, 3.05) is 19.6 Å². The second-order valence-electron chi connectivity index (χ2n) is 7.68. The predicted octanol–water partition coefficient (Wildman–Crippen LogP) is 2.96. The van der Waals surface area contributed by atoms with Gasteiger partial charge in [-0.25, -0.2) is 0 Å². The van der Waals surface area contributed by atoms with Gasteiger partial charge in [0, 0.05) is 24.8 Å². The summed E-state index contributed by atoms with van der Waals surface area (Å²) in [5.41, 5.74) is 2.70. The molecule has 1 aliphatic carbocycles. The van der Waals surface area contributed by atoms with E-state index >= 15 is 0 Å². The van der Waals surface area contributed by atoms with Gasteiger partial charge in [0.05, 0.1) is 11.3 Å². The smallest absolute Gasteiger partial charge is 0.255 e. The van der Waals surface area contributed by atoms with Crippen LogP contribution in [0.15, 0.2) is 0 Å². The Morgan fingerprint density at radius 2 is 1.71 bits per heavy atom. The number of aryl methyl sites for hydroxylation is 2. The van der Waals surface area contributed by atoms with Gasteiger partial charge in [0.1, 0.15) is 0 Å². The number of carbonyl (C=O) groups is 1. The summed E-state index contributed by atoms with van der Waals surface area (Å²) in [6, 6.07) is 0. The van der Waals surface area contributed by atoms with E-state index < -0.39 is 0 Å². The van der Waals surface area contributed by atoms with Crippen molar-refractivity contribution in [3.8, 4) is 0 Å². The second kappa shape index (κ2) is 7.26. The molecule has 1 aromatic heterocycles. The van der Waals surface area contributed by atoms with Gasteiger partial charge in [-0.3, -0.25) is 14.4 Å². The molecule has 0 unspecified atom stereocenters. The molecule has 2 fully saturated rings. The first-order valence-corrected chi connectivity index (χ1v) is 9.57. The number of nitrogens with one attached hydrogen (secondary N) is 1. The number of rotatable bonds is 4. The van der Waals surface area contributed by atoms with Crippen LogP contribution in [-0.2, 0) is 7.05 Å². The summed E-state index contributed by atoms with van der Waals surface area (Å²) in [5, 5.41) is 7.65. The summed E-state index contributed by atoms with van der Waals surface area (Å²) < 4.78 is 1.80. The third kappa shape index (κ3) is 3.37. The van der Waals surface area contributed by atoms with Gasteiger partial charge in [0.25, 0.3) is 5.91 Å². The average Bonchev–Trinajstić information content (AvgIpc) is 2.87. The molecule has 2 heterocycles. The van der Waals surface area contributed by atoms with Crippen LogP contribution in [0.3, 0.4) is 0 Å². The maximum Gasteiger partial charge on any atom is 0.255 e. The van der Waals surface area contributed by atoms with E-state index in [9.17, 15) is 4.79 Å². The number of nitrogens with zero attached hydrogens (tertiary/aromatic N) is 3. The minimum Gasteiger partial charge on any atom is -0.350 e. The maximum atomic E-state index is 12.8.